The number of carbonyl (C=O) groups excluding carboxylic acids is 1. The molecule has 2 rings (SSSR count). The predicted octanol–water partition coefficient (Wildman–Crippen LogP) is 2.47. The highest BCUT2D eigenvalue weighted by Crippen LogP contribution is 2.26. The molecule has 0 aliphatic carbocycles. The summed E-state index contributed by atoms with van der Waals surface area (Å²) in [6, 6.07) is 0. The molecule has 2 heterocycles. The highest BCUT2D eigenvalue weighted by atomic mass is 16.5. The lowest BCUT2D eigenvalue weighted by atomic mass is 10.1. The van der Waals surface area contributed by atoms with E-state index in [2.05, 4.69) is 21.5 Å². The van der Waals surface area contributed by atoms with E-state index in [1.54, 1.807) is 12.3 Å². The highest BCUT2D eigenvalue weighted by Gasteiger charge is 2.11. The Morgan fingerprint density at radius 3 is 2.86 bits per heavy atom. The second kappa shape index (κ2) is 7.04. The predicted molar refractivity (Wildman–Crippen MR) is 84.9 cm³/mol. The van der Waals surface area contributed by atoms with Crippen LogP contribution in [0.15, 0.2) is 29.5 Å². The number of aromatic nitrogens is 1. The Kier molecular flexibility index (Phi) is 5.11. The van der Waals surface area contributed by atoms with E-state index in [0.717, 1.165) is 60.8 Å². The lowest BCUT2D eigenvalue weighted by Gasteiger charge is -2.28. The van der Waals surface area contributed by atoms with Gasteiger partial charge in [0, 0.05) is 36.1 Å². The van der Waals surface area contributed by atoms with Gasteiger partial charge < -0.3 is 14.6 Å². The van der Waals surface area contributed by atoms with E-state index >= 15 is 0 Å². The maximum absolute atomic E-state index is 10.6. The van der Waals surface area contributed by atoms with Crippen molar-refractivity contribution in [3.8, 4) is 0 Å². The number of rotatable bonds is 5. The Balaban J connectivity index is 2.09. The molecule has 1 saturated heterocycles. The SMILES string of the molecule is C=C(C=Nc1[nH]cc(/C(C)=C/C=O)c1C)N1CCOCC1. The molecule has 5 nitrogen and oxygen atoms in total. The number of nitrogens with one attached hydrogen (secondary N) is 1. The fraction of sp³-hybridized carbons (Fsp3) is 0.375. The normalized spacial score (nSPS) is 16.5. The minimum Gasteiger partial charge on any atom is -0.378 e. The van der Waals surface area contributed by atoms with Crippen LogP contribution in [-0.2, 0) is 9.53 Å². The van der Waals surface area contributed by atoms with Crippen LogP contribution in [0, 0.1) is 6.92 Å². The summed E-state index contributed by atoms with van der Waals surface area (Å²) in [5.74, 6) is 0.790. The van der Waals surface area contributed by atoms with E-state index in [9.17, 15) is 4.79 Å². The first-order valence-electron chi connectivity index (χ1n) is 6.99. The van der Waals surface area contributed by atoms with Crippen LogP contribution >= 0.6 is 0 Å². The first kappa shape index (κ1) is 15.3. The molecule has 0 unspecified atom stereocenters. The smallest absolute Gasteiger partial charge is 0.143 e. The summed E-state index contributed by atoms with van der Waals surface area (Å²) in [7, 11) is 0. The molecule has 0 radical (unpaired) electrons. The Morgan fingerprint density at radius 1 is 1.48 bits per heavy atom. The van der Waals surface area contributed by atoms with E-state index in [4.69, 9.17) is 4.74 Å². The third-order valence-corrected chi connectivity index (χ3v) is 3.62. The molecule has 1 N–H and O–H groups in total. The van der Waals surface area contributed by atoms with Gasteiger partial charge >= 0.3 is 0 Å². The number of hydrogen-bond acceptors (Lipinski definition) is 4. The van der Waals surface area contributed by atoms with Crippen molar-refractivity contribution >= 4 is 23.9 Å². The zero-order chi connectivity index (χ0) is 15.2. The van der Waals surface area contributed by atoms with E-state index < -0.39 is 0 Å². The summed E-state index contributed by atoms with van der Waals surface area (Å²) in [5, 5.41) is 0. The van der Waals surface area contributed by atoms with Crippen LogP contribution < -0.4 is 0 Å². The van der Waals surface area contributed by atoms with Gasteiger partial charge in [-0.15, -0.1) is 0 Å². The number of nitrogens with zero attached hydrogens (tertiary/aromatic N) is 2. The number of hydrogen-bond donors (Lipinski definition) is 1. The third kappa shape index (κ3) is 3.70. The van der Waals surface area contributed by atoms with Crippen LogP contribution in [0.1, 0.15) is 18.1 Å². The van der Waals surface area contributed by atoms with Crippen molar-refractivity contribution in [2.45, 2.75) is 13.8 Å². The van der Waals surface area contributed by atoms with Crippen molar-refractivity contribution in [1.29, 1.82) is 0 Å². The fourth-order valence-corrected chi connectivity index (χ4v) is 2.29. The summed E-state index contributed by atoms with van der Waals surface area (Å²) in [6.45, 7) is 11.1. The van der Waals surface area contributed by atoms with Crippen molar-refractivity contribution < 1.29 is 9.53 Å². The average molecular weight is 287 g/mol. The minimum atomic E-state index is 0.730. The molecule has 1 fully saturated rings. The molecule has 0 bridgehead atoms. The monoisotopic (exact) mass is 287 g/mol. The summed E-state index contributed by atoms with van der Waals surface area (Å²) < 4.78 is 5.32. The van der Waals surface area contributed by atoms with Crippen LogP contribution in [-0.4, -0.2) is 48.7 Å². The van der Waals surface area contributed by atoms with Crippen molar-refractivity contribution in [1.82, 2.24) is 9.88 Å². The minimum absolute atomic E-state index is 0.730. The molecule has 1 aliphatic heterocycles. The standard InChI is InChI=1S/C16H21N3O2/c1-12(4-7-20)15-11-18-16(14(15)3)17-10-13(2)19-5-8-21-9-6-19/h4,7,10-11,18H,2,5-6,8-9H2,1,3H3/b12-4+,17-10?. The van der Waals surface area contributed by atoms with Crippen LogP contribution in [0.2, 0.25) is 0 Å². The molecule has 112 valence electrons. The lowest BCUT2D eigenvalue weighted by Crippen LogP contribution is -2.35. The topological polar surface area (TPSA) is 57.7 Å². The van der Waals surface area contributed by atoms with Gasteiger partial charge in [0.1, 0.15) is 12.1 Å². The second-order valence-corrected chi connectivity index (χ2v) is 5.01. The number of aldehydes is 1. The van der Waals surface area contributed by atoms with Gasteiger partial charge in [0.05, 0.1) is 19.4 Å². The Morgan fingerprint density at radius 2 is 2.19 bits per heavy atom. The summed E-state index contributed by atoms with van der Waals surface area (Å²) in [4.78, 5) is 20.3. The Bertz CT molecular complexity index is 578. The zero-order valence-electron chi connectivity index (χ0n) is 12.6. The van der Waals surface area contributed by atoms with E-state index in [-0.39, 0.29) is 0 Å². The van der Waals surface area contributed by atoms with Gasteiger partial charge in [-0.05, 0) is 25.5 Å². The molecule has 0 spiro atoms. The molecule has 21 heavy (non-hydrogen) atoms. The third-order valence-electron chi connectivity index (χ3n) is 3.62. The van der Waals surface area contributed by atoms with Gasteiger partial charge in [0.25, 0.3) is 0 Å². The maximum atomic E-state index is 10.6. The Hall–Kier alpha value is -2.14. The van der Waals surface area contributed by atoms with Crippen molar-refractivity contribution in [2.24, 2.45) is 4.99 Å². The molecule has 0 saturated carbocycles. The first-order valence-corrected chi connectivity index (χ1v) is 6.99. The molecule has 1 aromatic heterocycles. The molecule has 0 atom stereocenters. The van der Waals surface area contributed by atoms with Crippen LogP contribution in [0.5, 0.6) is 0 Å². The number of H-pyrrole nitrogens is 1. The summed E-state index contributed by atoms with van der Waals surface area (Å²) in [5.41, 5.74) is 3.84. The number of allylic oxidation sites excluding steroid dienone is 3. The fourth-order valence-electron chi connectivity index (χ4n) is 2.29. The van der Waals surface area contributed by atoms with Crippen molar-refractivity contribution in [2.75, 3.05) is 26.3 Å². The summed E-state index contributed by atoms with van der Waals surface area (Å²) in [6.07, 6.45) is 5.99. The first-order chi connectivity index (χ1) is 10.1. The average Bonchev–Trinajstić information content (AvgIpc) is 2.87. The van der Waals surface area contributed by atoms with E-state index in [1.807, 2.05) is 20.0 Å². The molecule has 1 aromatic rings. The molecular weight excluding hydrogens is 266 g/mol. The van der Waals surface area contributed by atoms with Crippen molar-refractivity contribution in [3.05, 3.63) is 35.7 Å². The molecule has 0 amide bonds. The highest BCUT2D eigenvalue weighted by molar-refractivity contribution is 5.84. The number of carbonyl (C=O) groups is 1. The van der Waals surface area contributed by atoms with Gasteiger partial charge in [-0.25, -0.2) is 4.99 Å². The molecule has 5 heteroatoms. The lowest BCUT2D eigenvalue weighted by molar-refractivity contribution is -0.104. The van der Waals surface area contributed by atoms with Crippen LogP contribution in [0.4, 0.5) is 5.82 Å². The molecular formula is C16H21N3O2. The Labute approximate surface area is 125 Å². The van der Waals surface area contributed by atoms with Crippen LogP contribution in [0.25, 0.3) is 5.57 Å². The number of aliphatic imine (C=N–C) groups is 1. The number of aromatic amines is 1. The molecule has 0 aromatic carbocycles. The van der Waals surface area contributed by atoms with Gasteiger partial charge in [-0.1, -0.05) is 6.58 Å². The van der Waals surface area contributed by atoms with Gasteiger partial charge in [0.2, 0.25) is 0 Å². The van der Waals surface area contributed by atoms with Gasteiger partial charge in [-0.3, -0.25) is 4.79 Å². The van der Waals surface area contributed by atoms with E-state index in [0.29, 0.717) is 0 Å². The number of morpholine rings is 1. The van der Waals surface area contributed by atoms with Gasteiger partial charge in [0.15, 0.2) is 0 Å². The largest absolute Gasteiger partial charge is 0.378 e. The van der Waals surface area contributed by atoms with E-state index in [1.165, 1.54) is 0 Å². The quantitative estimate of drug-likeness (QED) is 0.514. The molecule has 1 aliphatic rings. The second-order valence-electron chi connectivity index (χ2n) is 5.01. The maximum Gasteiger partial charge on any atom is 0.143 e. The number of ether oxygens (including phenoxy) is 1. The zero-order valence-corrected chi connectivity index (χ0v) is 12.6. The summed E-state index contributed by atoms with van der Waals surface area (Å²) >= 11 is 0. The van der Waals surface area contributed by atoms with Gasteiger partial charge in [-0.2, -0.15) is 0 Å². The van der Waals surface area contributed by atoms with Crippen LogP contribution in [0.3, 0.4) is 0 Å². The van der Waals surface area contributed by atoms with Crippen molar-refractivity contribution in [3.63, 3.8) is 0 Å².